The van der Waals surface area contributed by atoms with Crippen molar-refractivity contribution in [2.45, 2.75) is 32.0 Å². The molecule has 0 saturated carbocycles. The number of hydrogen-bond donors (Lipinski definition) is 1. The molecule has 150 valence electrons. The van der Waals surface area contributed by atoms with Gasteiger partial charge in [0, 0.05) is 0 Å². The minimum absolute atomic E-state index is 0.667. The van der Waals surface area contributed by atoms with Crippen LogP contribution in [0.3, 0.4) is 0 Å². The first-order valence-corrected chi connectivity index (χ1v) is 12.9. The van der Waals surface area contributed by atoms with Crippen molar-refractivity contribution in [1.82, 2.24) is 0 Å². The van der Waals surface area contributed by atoms with Gasteiger partial charge in [-0.15, -0.1) is 0 Å². The first-order chi connectivity index (χ1) is 14.4. The van der Waals surface area contributed by atoms with Crippen molar-refractivity contribution in [3.63, 3.8) is 0 Å². The summed E-state index contributed by atoms with van der Waals surface area (Å²) in [6.45, 7) is 0. The second kappa shape index (κ2) is 11.6. The van der Waals surface area contributed by atoms with Crippen LogP contribution in [-0.4, -0.2) is 20.0 Å². The van der Waals surface area contributed by atoms with E-state index in [-0.39, 0.29) is 0 Å². The Kier molecular flexibility index (Phi) is 8.52. The minimum atomic E-state index is -2.06. The molecule has 0 bridgehead atoms. The van der Waals surface area contributed by atoms with Gasteiger partial charge in [0.2, 0.25) is 0 Å². The van der Waals surface area contributed by atoms with Crippen molar-refractivity contribution in [2.75, 3.05) is 6.16 Å². The maximum atomic E-state index is 6.92. The van der Waals surface area contributed by atoms with Crippen LogP contribution in [0.2, 0.25) is 6.32 Å². The van der Waals surface area contributed by atoms with Crippen LogP contribution in [0, 0.1) is 5.41 Å². The van der Waals surface area contributed by atoms with Gasteiger partial charge in [-0.1, -0.05) is 0 Å². The summed E-state index contributed by atoms with van der Waals surface area (Å²) in [5, 5.41) is 11.4. The van der Waals surface area contributed by atoms with Crippen LogP contribution >= 0.6 is 7.26 Å². The van der Waals surface area contributed by atoms with Crippen LogP contribution in [0.15, 0.2) is 91.0 Å². The molecule has 3 aromatic carbocycles. The number of rotatable bonds is 12. The van der Waals surface area contributed by atoms with Crippen molar-refractivity contribution in [2.24, 2.45) is 0 Å². The van der Waals surface area contributed by atoms with Crippen molar-refractivity contribution in [3.8, 4) is 0 Å². The summed E-state index contributed by atoms with van der Waals surface area (Å²) in [7, 11) is -1.39. The van der Waals surface area contributed by atoms with Gasteiger partial charge in [-0.25, -0.2) is 0 Å². The van der Waals surface area contributed by atoms with Gasteiger partial charge in [0.05, 0.1) is 0 Å². The van der Waals surface area contributed by atoms with Crippen molar-refractivity contribution in [1.29, 1.82) is 5.41 Å². The molecule has 3 aromatic rings. The molecule has 0 aliphatic rings. The van der Waals surface area contributed by atoms with E-state index in [9.17, 15) is 0 Å². The van der Waals surface area contributed by atoms with Gasteiger partial charge in [-0.3, -0.25) is 0 Å². The summed E-state index contributed by atoms with van der Waals surface area (Å²) < 4.78 is 5.02. The molecule has 0 aliphatic heterocycles. The fraction of sp³-hybridized carbons (Fsp3) is 0.240. The molecule has 0 amide bonds. The fourth-order valence-electron chi connectivity index (χ4n) is 4.27. The van der Waals surface area contributed by atoms with Crippen LogP contribution in [-0.2, 0) is 4.65 Å². The summed E-state index contributed by atoms with van der Waals surface area (Å²) in [4.78, 5) is 0. The van der Waals surface area contributed by atoms with E-state index in [4.69, 9.17) is 10.1 Å². The Morgan fingerprint density at radius 1 is 0.655 bits per heavy atom. The van der Waals surface area contributed by atoms with Gasteiger partial charge >= 0.3 is 176 Å². The monoisotopic (exact) mass is 403 g/mol. The van der Waals surface area contributed by atoms with Crippen LogP contribution < -0.4 is 15.9 Å². The third-order valence-corrected chi connectivity index (χ3v) is 10.8. The molecule has 0 saturated heterocycles. The summed E-state index contributed by atoms with van der Waals surface area (Å²) in [6.07, 6.45) is 8.17. The number of unbranched alkanes of at least 4 members (excludes halogenated alkanes) is 3. The van der Waals surface area contributed by atoms with Crippen molar-refractivity contribution >= 4 is 37.1 Å². The average Bonchev–Trinajstić information content (AvgIpc) is 2.80. The fourth-order valence-corrected chi connectivity index (χ4v) is 9.20. The Bertz CT molecular complexity index is 746. The number of hydrogen-bond acceptors (Lipinski definition) is 2. The third-order valence-electron chi connectivity index (χ3n) is 5.70. The van der Waals surface area contributed by atoms with E-state index in [0.717, 1.165) is 12.7 Å². The number of benzene rings is 3. The molecule has 3 rings (SSSR count). The zero-order valence-corrected chi connectivity index (χ0v) is 18.1. The van der Waals surface area contributed by atoms with E-state index in [1.54, 1.807) is 0 Å². The molecule has 0 aromatic heterocycles. The predicted octanol–water partition coefficient (Wildman–Crippen LogP) is 4.67. The van der Waals surface area contributed by atoms with Crippen molar-refractivity contribution < 1.29 is 4.65 Å². The molecule has 0 unspecified atom stereocenters. The summed E-state index contributed by atoms with van der Waals surface area (Å²) in [5.74, 6) is 0. The summed E-state index contributed by atoms with van der Waals surface area (Å²) in [6, 6.07) is 33.5. The van der Waals surface area contributed by atoms with E-state index in [1.807, 2.05) is 0 Å². The Morgan fingerprint density at radius 3 is 1.55 bits per heavy atom. The van der Waals surface area contributed by atoms with Crippen LogP contribution in [0.1, 0.15) is 25.7 Å². The third kappa shape index (κ3) is 5.58. The second-order valence-corrected chi connectivity index (χ2v) is 11.6. The van der Waals surface area contributed by atoms with Gasteiger partial charge in [0.25, 0.3) is 0 Å². The zero-order valence-electron chi connectivity index (χ0n) is 17.1. The van der Waals surface area contributed by atoms with E-state index >= 15 is 0 Å². The molecule has 0 spiro atoms. The Balaban J connectivity index is 1.84. The maximum absolute atomic E-state index is 6.92. The van der Waals surface area contributed by atoms with Crippen molar-refractivity contribution in [3.05, 3.63) is 91.0 Å². The average molecular weight is 403 g/mol. The molecule has 0 fully saturated rings. The standard InChI is InChI=1S/C25H31BNOP/c27-22-28-26-20-12-1-2-13-21-29(23-14-6-3-7-15-23,24-16-8-4-9-17-24)25-18-10-5-11-19-25/h3-11,14-19,22,26-27,29H,1-2,12-13,20-21H2. The zero-order chi connectivity index (χ0) is 20.2. The van der Waals surface area contributed by atoms with Gasteiger partial charge in [-0.2, -0.15) is 0 Å². The molecule has 0 aliphatic carbocycles. The second-order valence-electron chi connectivity index (χ2n) is 7.51. The molecule has 1 N–H and O–H groups in total. The first kappa shape index (κ1) is 21.3. The molecule has 0 radical (unpaired) electrons. The first-order valence-electron chi connectivity index (χ1n) is 10.6. The number of nitrogens with one attached hydrogen (secondary N) is 1. The van der Waals surface area contributed by atoms with Gasteiger partial charge in [-0.05, 0) is 0 Å². The molecule has 0 atom stereocenters. The van der Waals surface area contributed by atoms with Crippen LogP contribution in [0.4, 0.5) is 0 Å². The normalized spacial score (nSPS) is 11.6. The van der Waals surface area contributed by atoms with E-state index in [2.05, 4.69) is 91.0 Å². The van der Waals surface area contributed by atoms with E-state index < -0.39 is 7.26 Å². The molecule has 2 nitrogen and oxygen atoms in total. The van der Waals surface area contributed by atoms with Gasteiger partial charge in [0.1, 0.15) is 0 Å². The molecule has 29 heavy (non-hydrogen) atoms. The Morgan fingerprint density at radius 2 is 1.10 bits per heavy atom. The van der Waals surface area contributed by atoms with Gasteiger partial charge in [0.15, 0.2) is 0 Å². The topological polar surface area (TPSA) is 33.1 Å². The van der Waals surface area contributed by atoms with Crippen LogP contribution in [0.25, 0.3) is 0 Å². The molecular weight excluding hydrogens is 372 g/mol. The van der Waals surface area contributed by atoms with E-state index in [0.29, 0.717) is 7.48 Å². The molecular formula is C25H31BNOP. The molecule has 0 heterocycles. The predicted molar refractivity (Wildman–Crippen MR) is 132 cm³/mol. The van der Waals surface area contributed by atoms with Crippen LogP contribution in [0.5, 0.6) is 0 Å². The summed E-state index contributed by atoms with van der Waals surface area (Å²) in [5.41, 5.74) is 0. The summed E-state index contributed by atoms with van der Waals surface area (Å²) >= 11 is 0. The quantitative estimate of drug-likeness (QED) is 0.154. The Labute approximate surface area is 176 Å². The van der Waals surface area contributed by atoms with E-state index in [1.165, 1.54) is 47.8 Å². The molecule has 4 heteroatoms. The Hall–Kier alpha value is -2.38. The SMILES string of the molecule is N=COBCCCCCC[PH](c1ccccc1)(c1ccccc1)c1ccccc1. The van der Waals surface area contributed by atoms with Gasteiger partial charge < -0.3 is 0 Å².